The molecule has 2 aromatic rings. The topological polar surface area (TPSA) is 60.7 Å². The Morgan fingerprint density at radius 2 is 1.00 bits per heavy atom. The van der Waals surface area contributed by atoms with Crippen molar-refractivity contribution in [2.75, 3.05) is 14.2 Å². The normalized spacial score (nSPS) is 8.46. The van der Waals surface area contributed by atoms with Crippen LogP contribution < -0.4 is 0 Å². The van der Waals surface area contributed by atoms with Crippen molar-refractivity contribution in [3.8, 4) is 5.75 Å². The zero-order valence-corrected chi connectivity index (χ0v) is 18.1. The van der Waals surface area contributed by atoms with E-state index in [-0.39, 0.29) is 21.7 Å². The minimum Gasteiger partial charge on any atom is -0.507 e. The number of aliphatic hydroxyl groups is 2. The summed E-state index contributed by atoms with van der Waals surface area (Å²) in [5, 5.41) is 23.2. The average molecular weight is 369 g/mol. The molecule has 0 atom stereocenters. The van der Waals surface area contributed by atoms with Crippen molar-refractivity contribution in [2.45, 2.75) is 48.5 Å². The summed E-state index contributed by atoms with van der Waals surface area (Å²) in [5.74, 6) is 0.414. The molecule has 0 spiro atoms. The van der Waals surface area contributed by atoms with Crippen LogP contribution in [0.1, 0.15) is 38.9 Å². The first-order valence-electron chi connectivity index (χ1n) is 7.61. The van der Waals surface area contributed by atoms with Crippen LogP contribution in [0.5, 0.6) is 5.75 Å². The van der Waals surface area contributed by atoms with Crippen molar-refractivity contribution >= 4 is 0 Å². The van der Waals surface area contributed by atoms with E-state index < -0.39 is 0 Å². The maximum Gasteiger partial charge on any atom is 0.121 e. The predicted molar refractivity (Wildman–Crippen MR) is 99.6 cm³/mol. The van der Waals surface area contributed by atoms with Gasteiger partial charge in [0.15, 0.2) is 0 Å². The van der Waals surface area contributed by atoms with Crippen molar-refractivity contribution in [1.82, 2.24) is 0 Å². The summed E-state index contributed by atoms with van der Waals surface area (Å²) in [6.45, 7) is 14.8. The summed E-state index contributed by atoms with van der Waals surface area (Å²) in [4.78, 5) is 0. The van der Waals surface area contributed by atoms with E-state index in [0.29, 0.717) is 5.75 Å². The first-order chi connectivity index (χ1) is 10.8. The Kier molecular flexibility index (Phi) is 16.6. The van der Waals surface area contributed by atoms with Crippen LogP contribution in [-0.4, -0.2) is 29.5 Å². The third kappa shape index (κ3) is 7.72. The SMILES string of the molecule is CO.CO.Cc1c(C)c(C)[c-](C)c1C.Cc1cccc(C)c1O.[Ti]. The average Bonchev–Trinajstić information content (AvgIpc) is 2.75. The Hall–Kier alpha value is -0.996. The molecule has 0 unspecified atom stereocenters. The molecule has 2 rings (SSSR count). The number of para-hydroxylation sites is 1. The quantitative estimate of drug-likeness (QED) is 0.482. The number of aromatic hydroxyl groups is 1. The van der Waals surface area contributed by atoms with Crippen LogP contribution in [0.3, 0.4) is 0 Å². The van der Waals surface area contributed by atoms with E-state index in [1.165, 1.54) is 27.8 Å². The minimum absolute atomic E-state index is 0. The van der Waals surface area contributed by atoms with Crippen molar-refractivity contribution in [3.05, 3.63) is 57.1 Å². The van der Waals surface area contributed by atoms with Gasteiger partial charge in [-0.1, -0.05) is 52.8 Å². The van der Waals surface area contributed by atoms with Crippen molar-refractivity contribution in [2.24, 2.45) is 0 Å². The molecule has 0 fully saturated rings. The summed E-state index contributed by atoms with van der Waals surface area (Å²) in [6.07, 6.45) is 0. The molecule has 0 saturated heterocycles. The molecular weight excluding hydrogens is 336 g/mol. The van der Waals surface area contributed by atoms with E-state index in [2.05, 4.69) is 34.6 Å². The summed E-state index contributed by atoms with van der Waals surface area (Å²) in [5.41, 5.74) is 9.22. The Morgan fingerprint density at radius 1 is 0.708 bits per heavy atom. The fourth-order valence-corrected chi connectivity index (χ4v) is 2.21. The van der Waals surface area contributed by atoms with Crippen LogP contribution >= 0.6 is 0 Å². The summed E-state index contributed by atoms with van der Waals surface area (Å²) in [6, 6.07) is 5.72. The second kappa shape index (κ2) is 14.4. The van der Waals surface area contributed by atoms with Gasteiger partial charge in [-0.05, 0) is 25.0 Å². The molecule has 136 valence electrons. The minimum atomic E-state index is 0. The molecule has 0 aliphatic heterocycles. The monoisotopic (exact) mass is 369 g/mol. The first kappa shape index (κ1) is 27.8. The van der Waals surface area contributed by atoms with Crippen LogP contribution in [-0.2, 0) is 21.7 Å². The number of hydrogen-bond donors (Lipinski definition) is 3. The molecule has 24 heavy (non-hydrogen) atoms. The molecule has 0 aliphatic carbocycles. The fraction of sp³-hybridized carbons (Fsp3) is 0.450. The maximum absolute atomic E-state index is 9.21. The van der Waals surface area contributed by atoms with Gasteiger partial charge in [-0.25, -0.2) is 0 Å². The van der Waals surface area contributed by atoms with E-state index in [9.17, 15) is 5.11 Å². The predicted octanol–water partition coefficient (Wildman–Crippen LogP) is 4.17. The second-order valence-electron chi connectivity index (χ2n) is 5.37. The zero-order valence-electron chi connectivity index (χ0n) is 16.6. The largest absolute Gasteiger partial charge is 0.507 e. The summed E-state index contributed by atoms with van der Waals surface area (Å²) in [7, 11) is 2.00. The molecule has 3 N–H and O–H groups in total. The molecule has 0 bridgehead atoms. The Bertz CT molecular complexity index is 487. The van der Waals surface area contributed by atoms with Gasteiger partial charge in [0.2, 0.25) is 0 Å². The zero-order chi connectivity index (χ0) is 18.7. The van der Waals surface area contributed by atoms with Crippen molar-refractivity contribution < 1.29 is 37.0 Å². The van der Waals surface area contributed by atoms with Gasteiger partial charge in [0.1, 0.15) is 5.75 Å². The number of phenols is 1. The standard InChI is InChI=1S/C10H15.C8H10O.2CH4O.Ti/c1-6-7(2)9(4)10(5)8(6)3;1-6-4-3-5-7(2)8(6)9;2*1-2;/h1-5H3;3-5,9H,1-2H3;2*2H,1H3;/q-1;;;;. The van der Waals surface area contributed by atoms with Crippen molar-refractivity contribution in [1.29, 1.82) is 0 Å². The van der Waals surface area contributed by atoms with E-state index >= 15 is 0 Å². The summed E-state index contributed by atoms with van der Waals surface area (Å²) < 4.78 is 0. The van der Waals surface area contributed by atoms with Gasteiger partial charge < -0.3 is 15.3 Å². The molecule has 0 radical (unpaired) electrons. The number of phenolic OH excluding ortho intramolecular Hbond substituents is 1. The van der Waals surface area contributed by atoms with Gasteiger partial charge in [0.05, 0.1) is 0 Å². The Morgan fingerprint density at radius 3 is 1.17 bits per heavy atom. The summed E-state index contributed by atoms with van der Waals surface area (Å²) >= 11 is 0. The van der Waals surface area contributed by atoms with Gasteiger partial charge in [-0.2, -0.15) is 27.8 Å². The molecule has 0 aliphatic rings. The van der Waals surface area contributed by atoms with Gasteiger partial charge in [-0.3, -0.25) is 0 Å². The number of hydrogen-bond acceptors (Lipinski definition) is 3. The first-order valence-corrected chi connectivity index (χ1v) is 7.61. The third-order valence-electron chi connectivity index (χ3n) is 4.25. The van der Waals surface area contributed by atoms with Gasteiger partial charge in [0.25, 0.3) is 0 Å². The molecule has 0 heterocycles. The number of aryl methyl sites for hydroxylation is 2. The molecule has 4 heteroatoms. The van der Waals surface area contributed by atoms with Crippen LogP contribution in [0.15, 0.2) is 18.2 Å². The van der Waals surface area contributed by atoms with Crippen LogP contribution in [0, 0.1) is 48.5 Å². The van der Waals surface area contributed by atoms with E-state index in [0.717, 1.165) is 25.3 Å². The number of rotatable bonds is 0. The van der Waals surface area contributed by atoms with E-state index in [1.807, 2.05) is 32.0 Å². The molecular formula is C20H33O3Ti-. The smallest absolute Gasteiger partial charge is 0.121 e. The van der Waals surface area contributed by atoms with Crippen LogP contribution in [0.4, 0.5) is 0 Å². The molecule has 2 aromatic carbocycles. The number of aliphatic hydroxyl groups excluding tert-OH is 2. The molecule has 0 amide bonds. The second-order valence-corrected chi connectivity index (χ2v) is 5.37. The molecule has 0 aromatic heterocycles. The maximum atomic E-state index is 9.21. The van der Waals surface area contributed by atoms with Crippen LogP contribution in [0.25, 0.3) is 0 Å². The molecule has 0 saturated carbocycles. The third-order valence-corrected chi connectivity index (χ3v) is 4.25. The fourth-order valence-electron chi connectivity index (χ4n) is 2.21. The van der Waals surface area contributed by atoms with E-state index in [4.69, 9.17) is 10.2 Å². The van der Waals surface area contributed by atoms with Crippen LogP contribution in [0.2, 0.25) is 0 Å². The van der Waals surface area contributed by atoms with Gasteiger partial charge in [-0.15, -0.1) is 0 Å². The number of benzene rings is 1. The Labute approximate surface area is 162 Å². The van der Waals surface area contributed by atoms with Gasteiger partial charge in [0, 0.05) is 35.9 Å². The van der Waals surface area contributed by atoms with E-state index in [1.54, 1.807) is 0 Å². The molecule has 3 nitrogen and oxygen atoms in total. The Balaban J connectivity index is -0.000000295. The van der Waals surface area contributed by atoms with Crippen molar-refractivity contribution in [3.63, 3.8) is 0 Å². The van der Waals surface area contributed by atoms with Gasteiger partial charge >= 0.3 is 0 Å².